The second kappa shape index (κ2) is 8.57. The number of H-pyrrole nitrogens is 1. The Balaban J connectivity index is 1.91. The molecule has 0 radical (unpaired) electrons. The zero-order chi connectivity index (χ0) is 25.0. The smallest absolute Gasteiger partial charge is 0.0710 e. The molecule has 0 saturated heterocycles. The Morgan fingerprint density at radius 3 is 1.54 bits per heavy atom. The van der Waals surface area contributed by atoms with Crippen LogP contribution in [0.2, 0.25) is 0 Å². The molecule has 0 aliphatic rings. The van der Waals surface area contributed by atoms with Crippen molar-refractivity contribution in [1.29, 1.82) is 0 Å². The summed E-state index contributed by atoms with van der Waals surface area (Å²) >= 11 is 3.88. The first kappa shape index (κ1) is 23.7. The van der Waals surface area contributed by atoms with E-state index in [1.807, 2.05) is 0 Å². The summed E-state index contributed by atoms with van der Waals surface area (Å²) in [7, 11) is 0. The average molecular weight is 526 g/mol. The molecule has 1 aromatic heterocycles. The van der Waals surface area contributed by atoms with Crippen LogP contribution in [0.1, 0.15) is 52.7 Å². The Kier molecular flexibility index (Phi) is 5.80. The first-order valence-corrected chi connectivity index (χ1v) is 13.0. The van der Waals surface area contributed by atoms with Crippen LogP contribution in [0.15, 0.2) is 89.4 Å². The quantitative estimate of drug-likeness (QED) is 0.248. The van der Waals surface area contributed by atoms with E-state index in [2.05, 4.69) is 152 Å². The van der Waals surface area contributed by atoms with Crippen LogP contribution in [0.3, 0.4) is 0 Å². The predicted octanol–water partition coefficient (Wildman–Crippen LogP) is 10.1. The maximum Gasteiger partial charge on any atom is 0.0710 e. The number of nitrogens with zero attached hydrogens (tertiary/aromatic N) is 1. The second-order valence-corrected chi connectivity index (χ2v) is 12.3. The van der Waals surface area contributed by atoms with Gasteiger partial charge in [0.2, 0.25) is 0 Å². The zero-order valence-corrected chi connectivity index (χ0v) is 23.0. The van der Waals surface area contributed by atoms with Gasteiger partial charge in [-0.25, -0.2) is 0 Å². The van der Waals surface area contributed by atoms with Crippen molar-refractivity contribution in [3.8, 4) is 0 Å². The fourth-order valence-corrected chi connectivity index (χ4v) is 5.22. The second-order valence-electron chi connectivity index (χ2n) is 11.4. The van der Waals surface area contributed by atoms with E-state index in [0.717, 1.165) is 32.6 Å². The molecule has 5 rings (SSSR count). The van der Waals surface area contributed by atoms with E-state index in [-0.39, 0.29) is 10.8 Å². The molecule has 0 saturated carbocycles. The Labute approximate surface area is 217 Å². The molecule has 5 aromatic rings. The van der Waals surface area contributed by atoms with Gasteiger partial charge in [0.1, 0.15) is 0 Å². The van der Waals surface area contributed by atoms with E-state index >= 15 is 0 Å². The van der Waals surface area contributed by atoms with Crippen molar-refractivity contribution in [2.75, 3.05) is 4.90 Å². The SMILES string of the molecule is CC(C)(C)c1cc(Br)c2[nH]c3c(N(c4ccccc4)c4ccccc4)cc(C(C)(C)C)cc3c2c1. The lowest BCUT2D eigenvalue weighted by Crippen LogP contribution is -2.15. The van der Waals surface area contributed by atoms with E-state index in [4.69, 9.17) is 0 Å². The molecule has 0 spiro atoms. The van der Waals surface area contributed by atoms with Gasteiger partial charge in [0, 0.05) is 26.6 Å². The molecule has 3 heteroatoms. The van der Waals surface area contributed by atoms with Gasteiger partial charge in [-0.2, -0.15) is 0 Å². The molecule has 178 valence electrons. The van der Waals surface area contributed by atoms with Gasteiger partial charge in [0.25, 0.3) is 0 Å². The number of fused-ring (bicyclic) bond motifs is 3. The summed E-state index contributed by atoms with van der Waals surface area (Å²) in [4.78, 5) is 6.17. The fourth-order valence-electron chi connectivity index (χ4n) is 4.67. The lowest BCUT2D eigenvalue weighted by atomic mass is 9.84. The number of nitrogens with one attached hydrogen (secondary N) is 1. The van der Waals surface area contributed by atoms with Crippen molar-refractivity contribution in [2.45, 2.75) is 52.4 Å². The number of benzene rings is 4. The highest BCUT2D eigenvalue weighted by atomic mass is 79.9. The number of halogens is 1. The minimum atomic E-state index is 0.00441. The molecule has 0 amide bonds. The van der Waals surface area contributed by atoms with Gasteiger partial charge in [-0.05, 0) is 86.4 Å². The summed E-state index contributed by atoms with van der Waals surface area (Å²) in [5.74, 6) is 0. The van der Waals surface area contributed by atoms with Crippen molar-refractivity contribution >= 4 is 54.8 Å². The molecule has 0 aliphatic carbocycles. The van der Waals surface area contributed by atoms with Crippen LogP contribution < -0.4 is 4.90 Å². The summed E-state index contributed by atoms with van der Waals surface area (Å²) in [6, 6.07) is 30.6. The van der Waals surface area contributed by atoms with Gasteiger partial charge in [-0.15, -0.1) is 0 Å². The summed E-state index contributed by atoms with van der Waals surface area (Å²) in [6.45, 7) is 13.7. The van der Waals surface area contributed by atoms with Crippen LogP contribution in [-0.4, -0.2) is 4.98 Å². The van der Waals surface area contributed by atoms with Crippen molar-refractivity contribution in [1.82, 2.24) is 4.98 Å². The topological polar surface area (TPSA) is 19.0 Å². The maximum absolute atomic E-state index is 3.88. The van der Waals surface area contributed by atoms with Crippen LogP contribution in [-0.2, 0) is 10.8 Å². The van der Waals surface area contributed by atoms with Crippen LogP contribution in [0.4, 0.5) is 17.1 Å². The molecule has 2 nitrogen and oxygen atoms in total. The normalized spacial score (nSPS) is 12.4. The van der Waals surface area contributed by atoms with Gasteiger partial charge in [0.05, 0.1) is 16.7 Å². The molecule has 35 heavy (non-hydrogen) atoms. The zero-order valence-electron chi connectivity index (χ0n) is 21.4. The summed E-state index contributed by atoms with van der Waals surface area (Å²) in [6.07, 6.45) is 0. The number of rotatable bonds is 3. The average Bonchev–Trinajstić information content (AvgIpc) is 3.19. The highest BCUT2D eigenvalue weighted by Crippen LogP contribution is 2.44. The number of para-hydroxylation sites is 2. The van der Waals surface area contributed by atoms with Crippen molar-refractivity contribution in [3.05, 3.63) is 101 Å². The molecule has 4 aromatic carbocycles. The van der Waals surface area contributed by atoms with E-state index < -0.39 is 0 Å². The van der Waals surface area contributed by atoms with Crippen molar-refractivity contribution in [3.63, 3.8) is 0 Å². The third-order valence-corrected chi connectivity index (χ3v) is 7.38. The number of aromatic amines is 1. The Morgan fingerprint density at radius 2 is 1.06 bits per heavy atom. The first-order chi connectivity index (χ1) is 16.5. The highest BCUT2D eigenvalue weighted by Gasteiger charge is 2.24. The van der Waals surface area contributed by atoms with Gasteiger partial charge < -0.3 is 9.88 Å². The van der Waals surface area contributed by atoms with Crippen LogP contribution >= 0.6 is 15.9 Å². The Hall–Kier alpha value is -3.04. The molecule has 0 fully saturated rings. The fraction of sp³-hybridized carbons (Fsp3) is 0.250. The minimum Gasteiger partial charge on any atom is -0.352 e. The van der Waals surface area contributed by atoms with Crippen LogP contribution in [0.25, 0.3) is 21.8 Å². The lowest BCUT2D eigenvalue weighted by Gasteiger charge is -2.28. The van der Waals surface area contributed by atoms with E-state index in [9.17, 15) is 0 Å². The van der Waals surface area contributed by atoms with Crippen molar-refractivity contribution in [2.24, 2.45) is 0 Å². The predicted molar refractivity (Wildman–Crippen MR) is 156 cm³/mol. The minimum absolute atomic E-state index is 0.00441. The van der Waals surface area contributed by atoms with E-state index in [0.29, 0.717) is 0 Å². The standard InChI is InChI=1S/C32H33BrN2/c1-31(2,3)21-17-25-26-18-22(32(4,5)6)20-28(30(26)34-29(25)27(33)19-21)35(23-13-9-7-10-14-23)24-15-11-8-12-16-24/h7-20,34H,1-6H3. The van der Waals surface area contributed by atoms with Gasteiger partial charge in [-0.3, -0.25) is 0 Å². The number of aromatic nitrogens is 1. The monoisotopic (exact) mass is 524 g/mol. The van der Waals surface area contributed by atoms with E-state index in [1.54, 1.807) is 0 Å². The third kappa shape index (κ3) is 4.38. The highest BCUT2D eigenvalue weighted by molar-refractivity contribution is 9.10. The lowest BCUT2D eigenvalue weighted by molar-refractivity contribution is 0.590. The molecule has 0 bridgehead atoms. The van der Waals surface area contributed by atoms with Crippen LogP contribution in [0, 0.1) is 0 Å². The number of hydrogen-bond acceptors (Lipinski definition) is 1. The summed E-state index contributed by atoms with van der Waals surface area (Å²) in [5.41, 5.74) is 8.42. The van der Waals surface area contributed by atoms with Gasteiger partial charge >= 0.3 is 0 Å². The molecular weight excluding hydrogens is 492 g/mol. The number of anilines is 3. The maximum atomic E-state index is 3.88. The molecule has 0 aliphatic heterocycles. The molecule has 1 heterocycles. The van der Waals surface area contributed by atoms with Crippen LogP contribution in [0.5, 0.6) is 0 Å². The van der Waals surface area contributed by atoms with Crippen molar-refractivity contribution < 1.29 is 0 Å². The number of hydrogen-bond donors (Lipinski definition) is 1. The Morgan fingerprint density at radius 1 is 0.600 bits per heavy atom. The first-order valence-electron chi connectivity index (χ1n) is 12.2. The Bertz CT molecular complexity index is 1460. The van der Waals surface area contributed by atoms with Gasteiger partial charge in [-0.1, -0.05) is 77.9 Å². The molecule has 1 N–H and O–H groups in total. The molecule has 0 atom stereocenters. The third-order valence-electron chi connectivity index (χ3n) is 6.75. The summed E-state index contributed by atoms with van der Waals surface area (Å²) in [5, 5.41) is 2.51. The molecular formula is C32H33BrN2. The van der Waals surface area contributed by atoms with Gasteiger partial charge in [0.15, 0.2) is 0 Å². The largest absolute Gasteiger partial charge is 0.352 e. The van der Waals surface area contributed by atoms with E-state index in [1.165, 1.54) is 21.9 Å². The summed E-state index contributed by atoms with van der Waals surface area (Å²) < 4.78 is 1.10. The molecule has 0 unspecified atom stereocenters.